The molecule has 112 valence electrons. The van der Waals surface area contributed by atoms with Crippen molar-refractivity contribution >= 4 is 17.9 Å². The van der Waals surface area contributed by atoms with E-state index >= 15 is 0 Å². The maximum atomic E-state index is 11.3. The number of esters is 1. The molecule has 0 atom stereocenters. The second-order valence-electron chi connectivity index (χ2n) is 4.59. The van der Waals surface area contributed by atoms with Crippen molar-refractivity contribution in [3.05, 3.63) is 0 Å². The van der Waals surface area contributed by atoms with Gasteiger partial charge < -0.3 is 21.3 Å². The molecule has 1 aliphatic rings. The fourth-order valence-electron chi connectivity index (χ4n) is 1.78. The third kappa shape index (κ3) is 12.5. The Labute approximate surface area is 113 Å². The van der Waals surface area contributed by atoms with Gasteiger partial charge >= 0.3 is 5.97 Å². The normalized spacial score (nSPS) is 15.7. The van der Waals surface area contributed by atoms with E-state index in [0.717, 1.165) is 19.8 Å². The fraction of sp³-hybridized carbons (Fsp3) is 0.750. The van der Waals surface area contributed by atoms with Gasteiger partial charge in [-0.3, -0.25) is 15.0 Å². The van der Waals surface area contributed by atoms with E-state index in [-0.39, 0.29) is 17.3 Å². The zero-order chi connectivity index (χ0) is 15.5. The summed E-state index contributed by atoms with van der Waals surface area (Å²) in [5.74, 6) is -1.20. The second kappa shape index (κ2) is 10.2. The number of nitrogens with two attached hydrogens (primary N) is 2. The Balaban J connectivity index is 0. The summed E-state index contributed by atoms with van der Waals surface area (Å²) in [6, 6.07) is 0. The number of nitrogens with one attached hydrogen (secondary N) is 1. The molecule has 1 aliphatic carbocycles. The van der Waals surface area contributed by atoms with Crippen LogP contribution in [-0.2, 0) is 14.3 Å². The molecular weight excluding hydrogens is 250 g/mol. The van der Waals surface area contributed by atoms with Gasteiger partial charge in [0.1, 0.15) is 0 Å². The quantitative estimate of drug-likeness (QED) is 0.320. The van der Waals surface area contributed by atoms with E-state index in [4.69, 9.17) is 20.0 Å². The highest BCUT2D eigenvalue weighted by molar-refractivity contribution is 5.76. The van der Waals surface area contributed by atoms with Gasteiger partial charge in [0.2, 0.25) is 0 Å². The minimum absolute atomic E-state index is 0.0304. The van der Waals surface area contributed by atoms with Gasteiger partial charge in [-0.2, -0.15) is 0 Å². The number of methoxy groups -OCH3 is 1. The zero-order valence-corrected chi connectivity index (χ0v) is 11.9. The largest absolute Gasteiger partial charge is 0.481 e. The average Bonchev–Trinajstić information content (AvgIpc) is 2.27. The van der Waals surface area contributed by atoms with Crippen LogP contribution in [-0.4, -0.2) is 30.1 Å². The molecule has 0 aromatic rings. The van der Waals surface area contributed by atoms with Crippen molar-refractivity contribution in [1.29, 1.82) is 5.41 Å². The molecule has 1 rings (SSSR count). The van der Waals surface area contributed by atoms with Gasteiger partial charge in [0.15, 0.2) is 5.96 Å². The van der Waals surface area contributed by atoms with Crippen LogP contribution in [0.25, 0.3) is 0 Å². The van der Waals surface area contributed by atoms with Crippen LogP contribution >= 0.6 is 0 Å². The van der Waals surface area contributed by atoms with E-state index in [1.807, 2.05) is 6.92 Å². The summed E-state index contributed by atoms with van der Waals surface area (Å²) in [6.45, 7) is 3.10. The monoisotopic (exact) mass is 275 g/mol. The molecule has 1 saturated carbocycles. The first-order chi connectivity index (χ1) is 8.65. The molecule has 0 spiro atoms. The SMILES string of the molecule is CC(=O)O.COC(=O)C1(C)CCCCC1.N=C(N)N. The van der Waals surface area contributed by atoms with Crippen LogP contribution in [0, 0.1) is 10.8 Å². The van der Waals surface area contributed by atoms with Crippen molar-refractivity contribution in [2.75, 3.05) is 7.11 Å². The Morgan fingerprint density at radius 1 is 1.21 bits per heavy atom. The first-order valence-corrected chi connectivity index (χ1v) is 6.03. The smallest absolute Gasteiger partial charge is 0.311 e. The van der Waals surface area contributed by atoms with E-state index in [1.165, 1.54) is 26.4 Å². The average molecular weight is 275 g/mol. The van der Waals surface area contributed by atoms with Crippen LogP contribution < -0.4 is 11.5 Å². The van der Waals surface area contributed by atoms with Crippen LogP contribution in [0.1, 0.15) is 46.0 Å². The van der Waals surface area contributed by atoms with E-state index in [0.29, 0.717) is 0 Å². The second-order valence-corrected chi connectivity index (χ2v) is 4.59. The highest BCUT2D eigenvalue weighted by Crippen LogP contribution is 2.36. The van der Waals surface area contributed by atoms with Crippen LogP contribution in [0.3, 0.4) is 0 Å². The van der Waals surface area contributed by atoms with Crippen LogP contribution in [0.2, 0.25) is 0 Å². The maximum Gasteiger partial charge on any atom is 0.311 e. The Morgan fingerprint density at radius 3 is 1.79 bits per heavy atom. The maximum absolute atomic E-state index is 11.3. The van der Waals surface area contributed by atoms with Crippen molar-refractivity contribution in [2.24, 2.45) is 16.9 Å². The zero-order valence-electron chi connectivity index (χ0n) is 11.9. The third-order valence-corrected chi connectivity index (χ3v) is 2.64. The summed E-state index contributed by atoms with van der Waals surface area (Å²) in [7, 11) is 1.47. The van der Waals surface area contributed by atoms with Gasteiger partial charge in [-0.05, 0) is 19.8 Å². The number of carboxylic acid groups (broad SMARTS) is 1. The number of hydrogen-bond acceptors (Lipinski definition) is 4. The van der Waals surface area contributed by atoms with Gasteiger partial charge in [0.05, 0.1) is 12.5 Å². The minimum atomic E-state index is -0.833. The number of guanidine groups is 1. The van der Waals surface area contributed by atoms with Crippen molar-refractivity contribution in [3.8, 4) is 0 Å². The predicted octanol–water partition coefficient (Wildman–Crippen LogP) is 1.06. The summed E-state index contributed by atoms with van der Waals surface area (Å²) in [6.07, 6.45) is 5.61. The Bertz CT molecular complexity index is 279. The highest BCUT2D eigenvalue weighted by atomic mass is 16.5. The van der Waals surface area contributed by atoms with Gasteiger partial charge in [0.25, 0.3) is 5.97 Å². The number of carbonyl (C=O) groups is 2. The minimum Gasteiger partial charge on any atom is -0.481 e. The molecular formula is C12H25N3O4. The van der Waals surface area contributed by atoms with Crippen molar-refractivity contribution in [3.63, 3.8) is 0 Å². The predicted molar refractivity (Wildman–Crippen MR) is 72.6 cm³/mol. The standard InChI is InChI=1S/C9H16O2.C2H4O2.CH5N3/c1-9(8(10)11-2)6-4-3-5-7-9;1-2(3)4;2-1(3)4/h3-7H2,1-2H3;1H3,(H,3,4);(H5,2,3,4). The van der Waals surface area contributed by atoms with Crippen LogP contribution in [0.4, 0.5) is 0 Å². The molecule has 0 saturated heterocycles. The summed E-state index contributed by atoms with van der Waals surface area (Å²) >= 11 is 0. The van der Waals surface area contributed by atoms with Crippen molar-refractivity contribution in [1.82, 2.24) is 0 Å². The molecule has 7 heteroatoms. The number of carboxylic acids is 1. The molecule has 0 radical (unpaired) electrons. The number of ether oxygens (including phenoxy) is 1. The number of hydrogen-bond donors (Lipinski definition) is 4. The topological polar surface area (TPSA) is 139 Å². The first-order valence-electron chi connectivity index (χ1n) is 6.03. The highest BCUT2D eigenvalue weighted by Gasteiger charge is 2.35. The molecule has 0 unspecified atom stereocenters. The number of aliphatic carboxylic acids is 1. The van der Waals surface area contributed by atoms with Gasteiger partial charge in [-0.25, -0.2) is 0 Å². The molecule has 0 aromatic heterocycles. The van der Waals surface area contributed by atoms with Crippen LogP contribution in [0.5, 0.6) is 0 Å². The van der Waals surface area contributed by atoms with Gasteiger partial charge in [-0.15, -0.1) is 0 Å². The summed E-state index contributed by atoms with van der Waals surface area (Å²) in [5.41, 5.74) is 8.77. The van der Waals surface area contributed by atoms with E-state index in [9.17, 15) is 4.79 Å². The Kier molecular flexibility index (Phi) is 10.5. The first kappa shape index (κ1) is 19.5. The lowest BCUT2D eigenvalue weighted by molar-refractivity contribution is -0.153. The number of carbonyl (C=O) groups excluding carboxylic acids is 1. The number of rotatable bonds is 1. The summed E-state index contributed by atoms with van der Waals surface area (Å²) < 4.78 is 4.75. The lowest BCUT2D eigenvalue weighted by atomic mass is 9.76. The van der Waals surface area contributed by atoms with E-state index < -0.39 is 5.97 Å². The van der Waals surface area contributed by atoms with E-state index in [1.54, 1.807) is 0 Å². The molecule has 1 fully saturated rings. The Morgan fingerprint density at radius 2 is 1.53 bits per heavy atom. The molecule has 0 aromatic carbocycles. The molecule has 0 amide bonds. The molecule has 7 nitrogen and oxygen atoms in total. The van der Waals surface area contributed by atoms with Crippen LogP contribution in [0.15, 0.2) is 0 Å². The molecule has 6 N–H and O–H groups in total. The van der Waals surface area contributed by atoms with Crippen molar-refractivity contribution in [2.45, 2.75) is 46.0 Å². The summed E-state index contributed by atoms with van der Waals surface area (Å²) in [5, 5.41) is 13.5. The van der Waals surface area contributed by atoms with Gasteiger partial charge in [0, 0.05) is 6.92 Å². The van der Waals surface area contributed by atoms with Crippen molar-refractivity contribution < 1.29 is 19.4 Å². The molecule has 19 heavy (non-hydrogen) atoms. The summed E-state index contributed by atoms with van der Waals surface area (Å²) in [4.78, 5) is 20.3. The van der Waals surface area contributed by atoms with Gasteiger partial charge in [-0.1, -0.05) is 19.3 Å². The van der Waals surface area contributed by atoms with E-state index in [2.05, 4.69) is 11.5 Å². The lowest BCUT2D eigenvalue weighted by Crippen LogP contribution is -2.31. The molecule has 0 heterocycles. The molecule has 0 bridgehead atoms. The molecule has 0 aliphatic heterocycles. The third-order valence-electron chi connectivity index (χ3n) is 2.64. The Hall–Kier alpha value is -1.79. The fourth-order valence-corrected chi connectivity index (χ4v) is 1.78. The lowest BCUT2D eigenvalue weighted by Gasteiger charge is -2.30.